The molecule has 0 unspecified atom stereocenters. The van der Waals surface area contributed by atoms with Crippen LogP contribution in [0.4, 0.5) is 0 Å². The number of aromatic nitrogens is 1. The molecule has 0 amide bonds. The zero-order valence-electron chi connectivity index (χ0n) is 17.6. The van der Waals surface area contributed by atoms with Crippen LogP contribution in [0.15, 0.2) is 120 Å². The number of nitrogens with zero attached hydrogens (tertiary/aromatic N) is 1. The molecule has 1 heterocycles. The first-order chi connectivity index (χ1) is 15.3. The summed E-state index contributed by atoms with van der Waals surface area (Å²) in [6.07, 6.45) is 2.34. The lowest BCUT2D eigenvalue weighted by atomic mass is 9.98. The predicted molar refractivity (Wildman–Crippen MR) is 133 cm³/mol. The highest BCUT2D eigenvalue weighted by atomic mass is 32.2. The van der Waals surface area contributed by atoms with Crippen molar-refractivity contribution in [2.24, 2.45) is 0 Å². The molecule has 31 heavy (non-hydrogen) atoms. The number of hydrogen-bond acceptors (Lipinski definition) is 1. The van der Waals surface area contributed by atoms with Gasteiger partial charge in [0, 0.05) is 22.2 Å². The number of para-hydroxylation sites is 1. The number of fused-ring (bicyclic) bond motifs is 1. The summed E-state index contributed by atoms with van der Waals surface area (Å²) >= 11 is 1.92. The van der Waals surface area contributed by atoms with E-state index in [1.165, 1.54) is 38.1 Å². The Morgan fingerprint density at radius 2 is 1.26 bits per heavy atom. The molecule has 0 atom stereocenters. The van der Waals surface area contributed by atoms with Gasteiger partial charge >= 0.3 is 0 Å². The van der Waals surface area contributed by atoms with Crippen LogP contribution in [0, 0.1) is 6.92 Å². The van der Waals surface area contributed by atoms with Crippen molar-refractivity contribution < 1.29 is 0 Å². The highest BCUT2D eigenvalue weighted by molar-refractivity contribution is 7.98. The summed E-state index contributed by atoms with van der Waals surface area (Å²) in [6, 6.07) is 39.4. The molecule has 1 aromatic heterocycles. The third-order valence-corrected chi connectivity index (χ3v) is 6.84. The van der Waals surface area contributed by atoms with Gasteiger partial charge in [0.15, 0.2) is 0 Å². The van der Waals surface area contributed by atoms with Gasteiger partial charge in [-0.1, -0.05) is 109 Å². The summed E-state index contributed by atoms with van der Waals surface area (Å²) in [5, 5.41) is 1.32. The number of hydrogen-bond donors (Lipinski definition) is 0. The molecule has 0 aliphatic carbocycles. The van der Waals surface area contributed by atoms with Gasteiger partial charge in [0.2, 0.25) is 0 Å². The number of thioether (sulfide) groups is 1. The molecular formula is C29H25NS. The molecule has 0 N–H and O–H groups in total. The van der Waals surface area contributed by atoms with Crippen molar-refractivity contribution >= 4 is 22.7 Å². The first kappa shape index (κ1) is 19.7. The van der Waals surface area contributed by atoms with Crippen LogP contribution in [0.1, 0.15) is 28.3 Å². The molecule has 152 valence electrons. The van der Waals surface area contributed by atoms with Gasteiger partial charge in [0.05, 0.1) is 11.6 Å². The van der Waals surface area contributed by atoms with E-state index in [-0.39, 0.29) is 6.04 Å². The van der Waals surface area contributed by atoms with Gasteiger partial charge < -0.3 is 4.57 Å². The second kappa shape index (κ2) is 8.87. The van der Waals surface area contributed by atoms with Crippen LogP contribution in [-0.4, -0.2) is 4.57 Å². The zero-order chi connectivity index (χ0) is 21.0. The van der Waals surface area contributed by atoms with Crippen molar-refractivity contribution in [3.63, 3.8) is 0 Å². The Morgan fingerprint density at radius 1 is 0.677 bits per heavy atom. The van der Waals surface area contributed by atoms with Crippen LogP contribution in [0.25, 0.3) is 10.9 Å². The molecule has 0 fully saturated rings. The maximum atomic E-state index is 2.44. The Hall–Kier alpha value is -3.23. The minimum absolute atomic E-state index is 0.140. The van der Waals surface area contributed by atoms with E-state index in [0.29, 0.717) is 0 Å². The lowest BCUT2D eigenvalue weighted by Gasteiger charge is -2.21. The third kappa shape index (κ3) is 4.17. The molecular weight excluding hydrogens is 394 g/mol. The lowest BCUT2D eigenvalue weighted by Crippen LogP contribution is -2.11. The van der Waals surface area contributed by atoms with Crippen molar-refractivity contribution in [3.8, 4) is 0 Å². The molecule has 0 bridgehead atoms. The first-order valence-electron chi connectivity index (χ1n) is 10.7. The van der Waals surface area contributed by atoms with Crippen LogP contribution < -0.4 is 0 Å². The molecule has 4 aromatic carbocycles. The van der Waals surface area contributed by atoms with E-state index in [1.54, 1.807) is 0 Å². The standard InChI is InChI=1S/C29H25NS/c1-22-16-18-23(19-17-22)21-31-28-20-30(27-15-9-8-14-26(27)28)29(24-10-4-2-5-11-24)25-12-6-3-7-13-25/h2-20,29H,21H2,1H3. The predicted octanol–water partition coefficient (Wildman–Crippen LogP) is 7.88. The lowest BCUT2D eigenvalue weighted by molar-refractivity contribution is 0.701. The molecule has 1 nitrogen and oxygen atoms in total. The normalized spacial score (nSPS) is 11.3. The van der Waals surface area contributed by atoms with Crippen molar-refractivity contribution in [3.05, 3.63) is 138 Å². The highest BCUT2D eigenvalue weighted by Gasteiger charge is 2.20. The van der Waals surface area contributed by atoms with Gasteiger partial charge in [-0.05, 0) is 29.7 Å². The van der Waals surface area contributed by atoms with E-state index in [4.69, 9.17) is 0 Å². The van der Waals surface area contributed by atoms with Crippen LogP contribution in [-0.2, 0) is 5.75 Å². The average Bonchev–Trinajstić information content (AvgIpc) is 3.19. The van der Waals surface area contributed by atoms with Crippen LogP contribution in [0.5, 0.6) is 0 Å². The number of benzene rings is 4. The maximum absolute atomic E-state index is 2.44. The quantitative estimate of drug-likeness (QED) is 0.253. The fraction of sp³-hybridized carbons (Fsp3) is 0.103. The maximum Gasteiger partial charge on any atom is 0.0839 e. The summed E-state index contributed by atoms with van der Waals surface area (Å²) in [5.41, 5.74) is 6.52. The number of aryl methyl sites for hydroxylation is 1. The average molecular weight is 420 g/mol. The molecule has 0 aliphatic heterocycles. The Labute approximate surface area is 188 Å². The topological polar surface area (TPSA) is 4.93 Å². The summed E-state index contributed by atoms with van der Waals surface area (Å²) in [4.78, 5) is 1.33. The van der Waals surface area contributed by atoms with E-state index < -0.39 is 0 Å². The molecule has 0 aliphatic rings. The Bertz CT molecular complexity index is 1230. The van der Waals surface area contributed by atoms with Gasteiger partial charge in [-0.2, -0.15) is 0 Å². The molecule has 0 radical (unpaired) electrons. The Balaban J connectivity index is 1.59. The SMILES string of the molecule is Cc1ccc(CSc2cn(C(c3ccccc3)c3ccccc3)c3ccccc23)cc1. The second-order valence-corrected chi connectivity index (χ2v) is 8.93. The van der Waals surface area contributed by atoms with E-state index in [9.17, 15) is 0 Å². The first-order valence-corrected chi connectivity index (χ1v) is 11.7. The Kier molecular flexibility index (Phi) is 5.64. The van der Waals surface area contributed by atoms with Gasteiger partial charge in [0.25, 0.3) is 0 Å². The third-order valence-electron chi connectivity index (χ3n) is 5.73. The largest absolute Gasteiger partial charge is 0.335 e. The van der Waals surface area contributed by atoms with Crippen LogP contribution >= 0.6 is 11.8 Å². The molecule has 0 saturated carbocycles. The molecule has 2 heteroatoms. The Morgan fingerprint density at radius 3 is 1.90 bits per heavy atom. The van der Waals surface area contributed by atoms with Crippen LogP contribution in [0.3, 0.4) is 0 Å². The zero-order valence-corrected chi connectivity index (χ0v) is 18.4. The van der Waals surface area contributed by atoms with E-state index in [2.05, 4.69) is 127 Å². The fourth-order valence-corrected chi connectivity index (χ4v) is 5.16. The van der Waals surface area contributed by atoms with E-state index >= 15 is 0 Å². The van der Waals surface area contributed by atoms with Gasteiger partial charge in [-0.25, -0.2) is 0 Å². The fourth-order valence-electron chi connectivity index (χ4n) is 4.13. The summed E-state index contributed by atoms with van der Waals surface area (Å²) < 4.78 is 2.44. The minimum Gasteiger partial charge on any atom is -0.335 e. The molecule has 0 saturated heterocycles. The van der Waals surface area contributed by atoms with Crippen molar-refractivity contribution in [1.82, 2.24) is 4.57 Å². The minimum atomic E-state index is 0.140. The van der Waals surface area contributed by atoms with Gasteiger partial charge in [-0.3, -0.25) is 0 Å². The van der Waals surface area contributed by atoms with Crippen LogP contribution in [0.2, 0.25) is 0 Å². The number of rotatable bonds is 6. The molecule has 0 spiro atoms. The second-order valence-electron chi connectivity index (χ2n) is 7.92. The monoisotopic (exact) mass is 419 g/mol. The molecule has 5 aromatic rings. The van der Waals surface area contributed by atoms with Crippen molar-refractivity contribution in [1.29, 1.82) is 0 Å². The van der Waals surface area contributed by atoms with E-state index in [0.717, 1.165) is 5.75 Å². The summed E-state index contributed by atoms with van der Waals surface area (Å²) in [5.74, 6) is 0.968. The summed E-state index contributed by atoms with van der Waals surface area (Å²) in [7, 11) is 0. The van der Waals surface area contributed by atoms with Crippen molar-refractivity contribution in [2.45, 2.75) is 23.6 Å². The van der Waals surface area contributed by atoms with Gasteiger partial charge in [0.1, 0.15) is 0 Å². The highest BCUT2D eigenvalue weighted by Crippen LogP contribution is 2.37. The summed E-state index contributed by atoms with van der Waals surface area (Å²) in [6.45, 7) is 2.14. The smallest absolute Gasteiger partial charge is 0.0839 e. The van der Waals surface area contributed by atoms with Crippen molar-refractivity contribution in [2.75, 3.05) is 0 Å². The van der Waals surface area contributed by atoms with Gasteiger partial charge in [-0.15, -0.1) is 11.8 Å². The van der Waals surface area contributed by atoms with E-state index in [1.807, 2.05) is 11.8 Å². The molecule has 5 rings (SSSR count).